The first-order valence-corrected chi connectivity index (χ1v) is 6.76. The zero-order valence-electron chi connectivity index (χ0n) is 10.7. The molecule has 0 bridgehead atoms. The van der Waals surface area contributed by atoms with Crippen LogP contribution in [0.25, 0.3) is 21.3 Å². The van der Waals surface area contributed by atoms with Crippen molar-refractivity contribution in [1.29, 1.82) is 0 Å². The van der Waals surface area contributed by atoms with Gasteiger partial charge in [-0.2, -0.15) is 0 Å². The molecule has 96 valence electrons. The van der Waals surface area contributed by atoms with Crippen LogP contribution in [0.3, 0.4) is 0 Å². The summed E-state index contributed by atoms with van der Waals surface area (Å²) in [5.41, 5.74) is 5.09. The van der Waals surface area contributed by atoms with Crippen LogP contribution < -0.4 is 9.47 Å². The molecule has 0 aliphatic rings. The molecular weight excluding hydrogens is 258 g/mol. The van der Waals surface area contributed by atoms with Crippen LogP contribution in [0.2, 0.25) is 0 Å². The van der Waals surface area contributed by atoms with Crippen molar-refractivity contribution in [3.05, 3.63) is 41.9 Å². The van der Waals surface area contributed by atoms with E-state index >= 15 is 0 Å². The van der Waals surface area contributed by atoms with E-state index in [1.807, 2.05) is 29.8 Å². The van der Waals surface area contributed by atoms with Gasteiger partial charge in [-0.15, -0.1) is 11.3 Å². The van der Waals surface area contributed by atoms with E-state index in [-0.39, 0.29) is 0 Å². The molecule has 3 aromatic rings. The molecule has 0 fully saturated rings. The first-order valence-electron chi connectivity index (χ1n) is 5.88. The number of thiazole rings is 1. The Morgan fingerprint density at radius 1 is 1.00 bits per heavy atom. The van der Waals surface area contributed by atoms with Crippen LogP contribution in [0.1, 0.15) is 0 Å². The number of nitrogens with zero attached hydrogens (tertiary/aromatic N) is 1. The smallest absolute Gasteiger partial charge is 0.161 e. The Bertz CT molecular complexity index is 721. The Morgan fingerprint density at radius 3 is 2.63 bits per heavy atom. The van der Waals surface area contributed by atoms with E-state index in [1.54, 1.807) is 25.6 Å². The van der Waals surface area contributed by atoms with Crippen LogP contribution in [-0.2, 0) is 0 Å². The third kappa shape index (κ3) is 2.04. The van der Waals surface area contributed by atoms with Crippen molar-refractivity contribution in [2.45, 2.75) is 0 Å². The Kier molecular flexibility index (Phi) is 3.09. The Balaban J connectivity index is 2.19. The summed E-state index contributed by atoms with van der Waals surface area (Å²) >= 11 is 1.65. The lowest BCUT2D eigenvalue weighted by Gasteiger charge is -2.10. The fourth-order valence-electron chi connectivity index (χ4n) is 2.12. The summed E-state index contributed by atoms with van der Waals surface area (Å²) in [6, 6.07) is 12.1. The van der Waals surface area contributed by atoms with Crippen molar-refractivity contribution in [2.24, 2.45) is 0 Å². The van der Waals surface area contributed by atoms with Crippen molar-refractivity contribution in [1.82, 2.24) is 4.98 Å². The third-order valence-electron chi connectivity index (χ3n) is 3.06. The molecule has 0 saturated carbocycles. The first-order chi connectivity index (χ1) is 9.33. The molecule has 0 N–H and O–H groups in total. The van der Waals surface area contributed by atoms with E-state index < -0.39 is 0 Å². The maximum Gasteiger partial charge on any atom is 0.161 e. The lowest BCUT2D eigenvalue weighted by Crippen LogP contribution is -1.91. The van der Waals surface area contributed by atoms with Gasteiger partial charge in [0.15, 0.2) is 11.5 Å². The monoisotopic (exact) mass is 271 g/mol. The molecule has 1 aromatic heterocycles. The van der Waals surface area contributed by atoms with Crippen LogP contribution >= 0.6 is 11.3 Å². The van der Waals surface area contributed by atoms with Gasteiger partial charge in [0.25, 0.3) is 0 Å². The van der Waals surface area contributed by atoms with Gasteiger partial charge in [-0.25, -0.2) is 4.98 Å². The number of fused-ring (bicyclic) bond motifs is 1. The van der Waals surface area contributed by atoms with Crippen molar-refractivity contribution in [3.8, 4) is 22.6 Å². The van der Waals surface area contributed by atoms with Crippen LogP contribution in [0, 0.1) is 0 Å². The molecule has 0 aliphatic heterocycles. The van der Waals surface area contributed by atoms with Gasteiger partial charge >= 0.3 is 0 Å². The number of benzene rings is 2. The molecule has 0 amide bonds. The average Bonchev–Trinajstić information content (AvgIpc) is 2.94. The minimum atomic E-state index is 0.729. The van der Waals surface area contributed by atoms with E-state index in [0.717, 1.165) is 28.1 Å². The van der Waals surface area contributed by atoms with Gasteiger partial charge in [0.1, 0.15) is 0 Å². The van der Waals surface area contributed by atoms with Gasteiger partial charge in [0.2, 0.25) is 0 Å². The van der Waals surface area contributed by atoms with Crippen LogP contribution in [-0.4, -0.2) is 19.2 Å². The summed E-state index contributed by atoms with van der Waals surface area (Å²) in [5.74, 6) is 1.46. The topological polar surface area (TPSA) is 31.4 Å². The standard InChI is InChI=1S/C15H13NO2S/c1-17-12-7-6-10(8-13(12)18-2)11-4-3-5-14-15(11)16-9-19-14/h3-9H,1-2H3. The van der Waals surface area contributed by atoms with E-state index in [4.69, 9.17) is 9.47 Å². The van der Waals surface area contributed by atoms with E-state index in [9.17, 15) is 0 Å². The van der Waals surface area contributed by atoms with Gasteiger partial charge in [0, 0.05) is 5.56 Å². The summed E-state index contributed by atoms with van der Waals surface area (Å²) in [5, 5.41) is 0. The highest BCUT2D eigenvalue weighted by atomic mass is 32.1. The maximum absolute atomic E-state index is 5.35. The Labute approximate surface area is 115 Å². The van der Waals surface area contributed by atoms with E-state index in [1.165, 1.54) is 4.70 Å². The summed E-state index contributed by atoms with van der Waals surface area (Å²) in [6.45, 7) is 0. The van der Waals surface area contributed by atoms with Crippen LogP contribution in [0.15, 0.2) is 41.9 Å². The highest BCUT2D eigenvalue weighted by Crippen LogP contribution is 2.35. The average molecular weight is 271 g/mol. The number of hydrogen-bond acceptors (Lipinski definition) is 4. The summed E-state index contributed by atoms with van der Waals surface area (Å²) in [7, 11) is 3.28. The molecule has 2 aromatic carbocycles. The molecule has 1 heterocycles. The predicted molar refractivity (Wildman–Crippen MR) is 78.2 cm³/mol. The molecule has 3 nitrogen and oxygen atoms in total. The number of hydrogen-bond donors (Lipinski definition) is 0. The Hall–Kier alpha value is -2.07. The molecule has 0 radical (unpaired) electrons. The minimum Gasteiger partial charge on any atom is -0.493 e. The normalized spacial score (nSPS) is 10.6. The number of methoxy groups -OCH3 is 2. The maximum atomic E-state index is 5.35. The van der Waals surface area contributed by atoms with Gasteiger partial charge in [-0.3, -0.25) is 0 Å². The van der Waals surface area contributed by atoms with E-state index in [2.05, 4.69) is 17.1 Å². The highest BCUT2D eigenvalue weighted by Gasteiger charge is 2.09. The second-order valence-electron chi connectivity index (χ2n) is 4.07. The quantitative estimate of drug-likeness (QED) is 0.722. The first kappa shape index (κ1) is 12.0. The van der Waals surface area contributed by atoms with Gasteiger partial charge in [0.05, 0.1) is 29.9 Å². The molecule has 19 heavy (non-hydrogen) atoms. The second-order valence-corrected chi connectivity index (χ2v) is 4.96. The van der Waals surface area contributed by atoms with Gasteiger partial charge < -0.3 is 9.47 Å². The van der Waals surface area contributed by atoms with E-state index in [0.29, 0.717) is 0 Å². The summed E-state index contributed by atoms with van der Waals surface area (Å²) < 4.78 is 11.8. The zero-order valence-corrected chi connectivity index (χ0v) is 11.5. The number of rotatable bonds is 3. The molecule has 0 saturated heterocycles. The Morgan fingerprint density at radius 2 is 1.84 bits per heavy atom. The highest BCUT2D eigenvalue weighted by molar-refractivity contribution is 7.16. The summed E-state index contributed by atoms with van der Waals surface area (Å²) in [6.07, 6.45) is 0. The predicted octanol–water partition coefficient (Wildman–Crippen LogP) is 3.98. The second kappa shape index (κ2) is 4.90. The SMILES string of the molecule is COc1ccc(-c2cccc3scnc23)cc1OC. The molecular formula is C15H13NO2S. The number of aromatic nitrogens is 1. The van der Waals surface area contributed by atoms with Gasteiger partial charge in [-0.05, 0) is 23.8 Å². The zero-order chi connectivity index (χ0) is 13.2. The minimum absolute atomic E-state index is 0.729. The van der Waals surface area contributed by atoms with Crippen molar-refractivity contribution < 1.29 is 9.47 Å². The molecule has 4 heteroatoms. The third-order valence-corrected chi connectivity index (χ3v) is 3.85. The van der Waals surface area contributed by atoms with Crippen LogP contribution in [0.5, 0.6) is 11.5 Å². The molecule has 0 unspecified atom stereocenters. The fourth-order valence-corrected chi connectivity index (χ4v) is 2.83. The van der Waals surface area contributed by atoms with Crippen molar-refractivity contribution in [2.75, 3.05) is 14.2 Å². The van der Waals surface area contributed by atoms with Crippen molar-refractivity contribution >= 4 is 21.6 Å². The number of ether oxygens (including phenoxy) is 2. The number of para-hydroxylation sites is 1. The molecule has 0 spiro atoms. The lowest BCUT2D eigenvalue weighted by atomic mass is 10.0. The molecule has 0 aliphatic carbocycles. The van der Waals surface area contributed by atoms with Crippen LogP contribution in [0.4, 0.5) is 0 Å². The largest absolute Gasteiger partial charge is 0.493 e. The molecule has 0 atom stereocenters. The molecule has 3 rings (SSSR count). The van der Waals surface area contributed by atoms with Crippen molar-refractivity contribution in [3.63, 3.8) is 0 Å². The van der Waals surface area contributed by atoms with Gasteiger partial charge in [-0.1, -0.05) is 18.2 Å². The summed E-state index contributed by atoms with van der Waals surface area (Å²) in [4.78, 5) is 4.44. The fraction of sp³-hybridized carbons (Fsp3) is 0.133. The lowest BCUT2D eigenvalue weighted by molar-refractivity contribution is 0.355.